The second-order valence-electron chi connectivity index (χ2n) is 7.48. The molecule has 2 atom stereocenters. The number of carbonyl (C=O) groups excluding carboxylic acids is 2. The number of nitrogens with one attached hydrogen (secondary N) is 2. The summed E-state index contributed by atoms with van der Waals surface area (Å²) in [5.41, 5.74) is 1.54. The first-order valence-electron chi connectivity index (χ1n) is 9.57. The summed E-state index contributed by atoms with van der Waals surface area (Å²) in [5.74, 6) is -2.60. The third kappa shape index (κ3) is 5.23. The van der Waals surface area contributed by atoms with Crippen molar-refractivity contribution in [3.05, 3.63) is 92.7 Å². The second kappa shape index (κ2) is 9.32. The van der Waals surface area contributed by atoms with Crippen molar-refractivity contribution >= 4 is 81.2 Å². The van der Waals surface area contributed by atoms with Crippen molar-refractivity contribution in [1.82, 2.24) is 0 Å². The van der Waals surface area contributed by atoms with Crippen LogP contribution in [0.25, 0.3) is 0 Å². The van der Waals surface area contributed by atoms with Crippen molar-refractivity contribution in [3.8, 4) is 0 Å². The minimum atomic E-state index is -1.33. The molecule has 2 amide bonds. The summed E-state index contributed by atoms with van der Waals surface area (Å²) in [5, 5.41) is 6.46. The van der Waals surface area contributed by atoms with E-state index in [1.54, 1.807) is 24.3 Å². The Labute approximate surface area is 213 Å². The summed E-state index contributed by atoms with van der Waals surface area (Å²) in [7, 11) is 0. The first-order chi connectivity index (χ1) is 15.6. The van der Waals surface area contributed by atoms with Gasteiger partial charge in [-0.25, -0.2) is 4.39 Å². The van der Waals surface area contributed by atoms with Crippen molar-refractivity contribution in [1.29, 1.82) is 0 Å². The van der Waals surface area contributed by atoms with Gasteiger partial charge in [0, 0.05) is 27.2 Å². The quantitative estimate of drug-likeness (QED) is 0.325. The van der Waals surface area contributed by atoms with E-state index in [4.69, 9.17) is 58.0 Å². The molecule has 0 aliphatic heterocycles. The Kier molecular flexibility index (Phi) is 6.81. The molecule has 0 radical (unpaired) electrons. The lowest BCUT2D eigenvalue weighted by molar-refractivity contribution is -0.117. The average Bonchev–Trinajstić information content (AvgIpc) is 3.32. The Morgan fingerprint density at radius 2 is 1.48 bits per heavy atom. The van der Waals surface area contributed by atoms with Crippen LogP contribution in [0.1, 0.15) is 21.8 Å². The van der Waals surface area contributed by atoms with Crippen LogP contribution in [0.5, 0.6) is 0 Å². The lowest BCUT2D eigenvalue weighted by Crippen LogP contribution is -2.17. The van der Waals surface area contributed by atoms with E-state index in [0.29, 0.717) is 21.3 Å². The maximum Gasteiger partial charge on any atom is 0.255 e. The van der Waals surface area contributed by atoms with Gasteiger partial charge >= 0.3 is 0 Å². The fourth-order valence-electron chi connectivity index (χ4n) is 3.54. The van der Waals surface area contributed by atoms with Crippen LogP contribution in [0.2, 0.25) is 15.1 Å². The van der Waals surface area contributed by atoms with Gasteiger partial charge in [-0.2, -0.15) is 0 Å². The number of benzene rings is 3. The van der Waals surface area contributed by atoms with Crippen molar-refractivity contribution in [3.63, 3.8) is 0 Å². The average molecular weight is 547 g/mol. The minimum Gasteiger partial charge on any atom is -0.326 e. The molecule has 0 aromatic heterocycles. The van der Waals surface area contributed by atoms with E-state index in [1.807, 2.05) is 0 Å². The molecule has 3 aromatic rings. The van der Waals surface area contributed by atoms with E-state index in [2.05, 4.69) is 10.6 Å². The van der Waals surface area contributed by atoms with E-state index in [-0.39, 0.29) is 16.3 Å². The van der Waals surface area contributed by atoms with Gasteiger partial charge in [-0.05, 0) is 66.2 Å². The van der Waals surface area contributed by atoms with Crippen LogP contribution in [-0.4, -0.2) is 16.1 Å². The summed E-state index contributed by atoms with van der Waals surface area (Å²) >= 11 is 31.1. The van der Waals surface area contributed by atoms with Crippen molar-refractivity contribution in [2.24, 2.45) is 5.92 Å². The molecule has 1 aliphatic rings. The highest BCUT2D eigenvalue weighted by Crippen LogP contribution is 2.65. The smallest absolute Gasteiger partial charge is 0.255 e. The third-order valence-electron chi connectivity index (χ3n) is 5.17. The molecule has 1 saturated carbocycles. The van der Waals surface area contributed by atoms with E-state index < -0.39 is 33.8 Å². The Morgan fingerprint density at radius 1 is 0.848 bits per heavy atom. The van der Waals surface area contributed by atoms with Crippen LogP contribution < -0.4 is 10.6 Å². The molecule has 0 saturated heterocycles. The molecule has 1 fully saturated rings. The molecule has 4 nitrogen and oxygen atoms in total. The topological polar surface area (TPSA) is 58.2 Å². The van der Waals surface area contributed by atoms with Gasteiger partial charge in [0.15, 0.2) is 0 Å². The van der Waals surface area contributed by atoms with Crippen LogP contribution >= 0.6 is 58.0 Å². The molecule has 0 unspecified atom stereocenters. The number of alkyl halides is 2. The molecular weight excluding hydrogens is 533 g/mol. The first-order valence-corrected chi connectivity index (χ1v) is 11.5. The standard InChI is InChI=1S/C23H14Cl5FN2O2/c24-13-7-12(8-14(25)9-13)19-20(23(19,27)28)22(33)30-16-5-6-17(26)18(10-16)31-21(32)11-1-3-15(29)4-2-11/h1-10,19-20H,(H,30,33)(H,31,32)/t19-,20+/m0/s1. The predicted octanol–water partition coefficient (Wildman–Crippen LogP) is 7.56. The maximum atomic E-state index is 13.1. The van der Waals surface area contributed by atoms with Gasteiger partial charge in [0.05, 0.1) is 16.6 Å². The molecule has 0 bridgehead atoms. The van der Waals surface area contributed by atoms with Gasteiger partial charge in [-0.1, -0.05) is 34.8 Å². The number of hydrogen-bond donors (Lipinski definition) is 2. The highest BCUT2D eigenvalue weighted by atomic mass is 35.5. The lowest BCUT2D eigenvalue weighted by Gasteiger charge is -2.11. The molecule has 1 aliphatic carbocycles. The molecule has 0 heterocycles. The van der Waals surface area contributed by atoms with Crippen LogP contribution in [-0.2, 0) is 4.79 Å². The summed E-state index contributed by atoms with van der Waals surface area (Å²) in [6.07, 6.45) is 0. The van der Waals surface area contributed by atoms with Gasteiger partial charge in [0.1, 0.15) is 10.2 Å². The van der Waals surface area contributed by atoms with E-state index in [9.17, 15) is 14.0 Å². The molecule has 4 rings (SSSR count). The number of amides is 2. The predicted molar refractivity (Wildman–Crippen MR) is 132 cm³/mol. The molecule has 170 valence electrons. The molecule has 3 aromatic carbocycles. The molecule has 2 N–H and O–H groups in total. The van der Waals surface area contributed by atoms with Gasteiger partial charge in [0.25, 0.3) is 5.91 Å². The van der Waals surface area contributed by atoms with E-state index >= 15 is 0 Å². The van der Waals surface area contributed by atoms with Crippen LogP contribution in [0.15, 0.2) is 60.7 Å². The number of anilines is 2. The van der Waals surface area contributed by atoms with Crippen molar-refractivity contribution < 1.29 is 14.0 Å². The Morgan fingerprint density at radius 3 is 2.12 bits per heavy atom. The SMILES string of the molecule is O=C(Nc1cc(NC(=O)[C@H]2[C@H](c3cc(Cl)cc(Cl)c3)C2(Cl)Cl)ccc1Cl)c1ccc(F)cc1. The second-order valence-corrected chi connectivity index (χ2v) is 10.2. The van der Waals surface area contributed by atoms with Crippen molar-refractivity contribution in [2.45, 2.75) is 10.3 Å². The third-order valence-corrected chi connectivity index (χ3v) is 6.87. The van der Waals surface area contributed by atoms with Crippen LogP contribution in [0.4, 0.5) is 15.8 Å². The number of rotatable bonds is 5. The van der Waals surface area contributed by atoms with Gasteiger partial charge in [-0.15, -0.1) is 23.2 Å². The van der Waals surface area contributed by atoms with E-state index in [1.165, 1.54) is 36.4 Å². The summed E-state index contributed by atoms with van der Waals surface area (Å²) in [6.45, 7) is 0. The van der Waals surface area contributed by atoms with Gasteiger partial charge in [-0.3, -0.25) is 9.59 Å². The number of hydrogen-bond acceptors (Lipinski definition) is 2. The monoisotopic (exact) mass is 544 g/mol. The zero-order valence-corrected chi connectivity index (χ0v) is 20.3. The molecule has 10 heteroatoms. The Balaban J connectivity index is 1.49. The lowest BCUT2D eigenvalue weighted by atomic mass is 10.1. The Hall–Kier alpha value is -2.02. The largest absolute Gasteiger partial charge is 0.326 e. The number of halogens is 6. The van der Waals surface area contributed by atoms with Crippen LogP contribution in [0.3, 0.4) is 0 Å². The van der Waals surface area contributed by atoms with Gasteiger partial charge < -0.3 is 10.6 Å². The minimum absolute atomic E-state index is 0.247. The molecular formula is C23H14Cl5FN2O2. The number of carbonyl (C=O) groups is 2. The first kappa shape index (κ1) is 24.1. The molecule has 33 heavy (non-hydrogen) atoms. The maximum absolute atomic E-state index is 13.1. The summed E-state index contributed by atoms with van der Waals surface area (Å²) < 4.78 is 11.8. The zero-order chi connectivity index (χ0) is 23.9. The highest BCUT2D eigenvalue weighted by molar-refractivity contribution is 6.53. The summed E-state index contributed by atoms with van der Waals surface area (Å²) in [4.78, 5) is 25.3. The normalized spacial score (nSPS) is 18.5. The fourth-order valence-corrected chi connectivity index (χ4v) is 5.07. The van der Waals surface area contributed by atoms with E-state index in [0.717, 1.165) is 0 Å². The summed E-state index contributed by atoms with van der Waals surface area (Å²) in [6, 6.07) is 14.5. The zero-order valence-electron chi connectivity index (χ0n) is 16.5. The van der Waals surface area contributed by atoms with Gasteiger partial charge in [0.2, 0.25) is 5.91 Å². The van der Waals surface area contributed by atoms with Crippen LogP contribution in [0, 0.1) is 11.7 Å². The van der Waals surface area contributed by atoms with Crippen molar-refractivity contribution in [2.75, 3.05) is 10.6 Å². The fraction of sp³-hybridized carbons (Fsp3) is 0.130. The molecule has 0 spiro atoms. The Bertz CT molecular complexity index is 1230. The highest BCUT2D eigenvalue weighted by Gasteiger charge is 2.67.